The topological polar surface area (TPSA) is 118 Å². The number of hydrogen-bond acceptors (Lipinski definition) is 9. The summed E-state index contributed by atoms with van der Waals surface area (Å²) in [5.74, 6) is 0.124. The molecule has 204 valence electrons. The van der Waals surface area contributed by atoms with Crippen molar-refractivity contribution < 1.29 is 19.1 Å². The molecule has 2 heterocycles. The second-order valence-corrected chi connectivity index (χ2v) is 11.1. The Hall–Kier alpha value is -3.66. The minimum absolute atomic E-state index is 0.276. The molecule has 1 aliphatic heterocycles. The smallest absolute Gasteiger partial charge is 0.407 e. The van der Waals surface area contributed by atoms with Gasteiger partial charge in [-0.05, 0) is 69.2 Å². The summed E-state index contributed by atoms with van der Waals surface area (Å²) in [6, 6.07) is 9.46. The van der Waals surface area contributed by atoms with Crippen LogP contribution in [0.5, 0.6) is 0 Å². The van der Waals surface area contributed by atoms with Gasteiger partial charge in [0.25, 0.3) is 0 Å². The van der Waals surface area contributed by atoms with Gasteiger partial charge in [-0.1, -0.05) is 32.0 Å². The van der Waals surface area contributed by atoms with Crippen molar-refractivity contribution in [3.05, 3.63) is 59.1 Å². The molecule has 10 heteroatoms. The predicted octanol–water partition coefficient (Wildman–Crippen LogP) is 4.40. The molecular formula is C28H38N6O4. The number of hydrogen-bond donors (Lipinski definition) is 3. The predicted molar refractivity (Wildman–Crippen MR) is 144 cm³/mol. The van der Waals surface area contributed by atoms with Gasteiger partial charge in [0.05, 0.1) is 18.3 Å². The molecule has 3 N–H and O–H groups in total. The first kappa shape index (κ1) is 27.4. The van der Waals surface area contributed by atoms with Gasteiger partial charge in [0.15, 0.2) is 0 Å². The minimum atomic E-state index is -0.563. The summed E-state index contributed by atoms with van der Waals surface area (Å²) in [6.07, 6.45) is 2.69. The number of fused-ring (bicyclic) bond motifs is 3. The molecule has 1 aromatic heterocycles. The molecule has 0 fully saturated rings. The van der Waals surface area contributed by atoms with E-state index in [4.69, 9.17) is 14.5 Å². The highest BCUT2D eigenvalue weighted by Crippen LogP contribution is 2.49. The molecule has 2 aromatic rings. The number of amides is 1. The fourth-order valence-corrected chi connectivity index (χ4v) is 4.90. The zero-order valence-electron chi connectivity index (χ0n) is 23.1. The monoisotopic (exact) mass is 522 g/mol. The lowest BCUT2D eigenvalue weighted by molar-refractivity contribution is -0.140. The van der Waals surface area contributed by atoms with Crippen LogP contribution >= 0.6 is 0 Å². The average molecular weight is 523 g/mol. The zero-order valence-corrected chi connectivity index (χ0v) is 23.1. The maximum atomic E-state index is 13.2. The van der Waals surface area contributed by atoms with Gasteiger partial charge in [0, 0.05) is 25.0 Å². The number of rotatable bonds is 8. The molecule has 0 spiro atoms. The standard InChI is InChI=1S/C28H38N6O4/c1-7-37-24(35)23-20-22(33-34(23)15-11-14-29-26(36)38-27(2,3)4)21-18(16-28(20,5)6)17-30-25(32-21)31-19-12-9-8-10-13-19/h8-10,12-13,17,22,33H,7,11,14-16H2,1-6H3,(H,29,36)(H,30,31,32). The van der Waals surface area contributed by atoms with Crippen LogP contribution in [0.2, 0.25) is 0 Å². The number of carbonyl (C=O) groups excluding carboxylic acids is 2. The Morgan fingerprint density at radius 1 is 1.21 bits per heavy atom. The number of alkyl carbamates (subject to hydrolysis) is 1. The van der Waals surface area contributed by atoms with E-state index >= 15 is 0 Å². The van der Waals surface area contributed by atoms with Gasteiger partial charge < -0.3 is 25.1 Å². The van der Waals surface area contributed by atoms with E-state index in [1.165, 1.54) is 0 Å². The first-order valence-corrected chi connectivity index (χ1v) is 13.1. The van der Waals surface area contributed by atoms with E-state index in [1.807, 2.05) is 62.3 Å². The minimum Gasteiger partial charge on any atom is -0.461 e. The van der Waals surface area contributed by atoms with Crippen LogP contribution in [0.1, 0.15) is 65.3 Å². The second kappa shape index (κ2) is 11.0. The number of hydrazine groups is 1. The number of carbonyl (C=O) groups is 2. The normalized spacial score (nSPS) is 17.9. The molecule has 0 saturated carbocycles. The molecule has 0 saturated heterocycles. The van der Waals surface area contributed by atoms with Crippen LogP contribution < -0.4 is 16.1 Å². The van der Waals surface area contributed by atoms with E-state index in [0.717, 1.165) is 22.5 Å². The van der Waals surface area contributed by atoms with Gasteiger partial charge >= 0.3 is 12.1 Å². The Morgan fingerprint density at radius 3 is 2.63 bits per heavy atom. The van der Waals surface area contributed by atoms with Crippen molar-refractivity contribution in [1.82, 2.24) is 25.7 Å². The number of esters is 1. The largest absolute Gasteiger partial charge is 0.461 e. The van der Waals surface area contributed by atoms with Crippen molar-refractivity contribution in [3.63, 3.8) is 0 Å². The number of nitrogens with one attached hydrogen (secondary N) is 3. The summed E-state index contributed by atoms with van der Waals surface area (Å²) in [4.78, 5) is 34.7. The van der Waals surface area contributed by atoms with E-state index in [1.54, 1.807) is 6.92 Å². The lowest BCUT2D eigenvalue weighted by Gasteiger charge is -2.36. The van der Waals surface area contributed by atoms with Crippen LogP contribution in [0.4, 0.5) is 16.4 Å². The lowest BCUT2D eigenvalue weighted by Crippen LogP contribution is -2.40. The quantitative estimate of drug-likeness (QED) is 0.343. The Bertz CT molecular complexity index is 1210. The van der Waals surface area contributed by atoms with Gasteiger partial charge in [0.2, 0.25) is 5.95 Å². The molecule has 0 bridgehead atoms. The summed E-state index contributed by atoms with van der Waals surface area (Å²) >= 11 is 0. The molecular weight excluding hydrogens is 484 g/mol. The molecule has 2 aliphatic rings. The molecule has 1 unspecified atom stereocenters. The Labute approximate surface area is 224 Å². The van der Waals surface area contributed by atoms with Crippen LogP contribution in [0, 0.1) is 5.41 Å². The van der Waals surface area contributed by atoms with Crippen molar-refractivity contribution in [1.29, 1.82) is 0 Å². The SMILES string of the molecule is CCOC(=O)C1=C2C(NN1CCCNC(=O)OC(C)(C)C)c1nc(Nc3ccccc3)ncc1CC2(C)C. The van der Waals surface area contributed by atoms with Gasteiger partial charge in [-0.25, -0.2) is 25.0 Å². The number of benzene rings is 1. The first-order chi connectivity index (χ1) is 18.0. The highest BCUT2D eigenvalue weighted by Gasteiger charge is 2.48. The fraction of sp³-hybridized carbons (Fsp3) is 0.500. The maximum Gasteiger partial charge on any atom is 0.407 e. The highest BCUT2D eigenvalue weighted by molar-refractivity contribution is 5.90. The van der Waals surface area contributed by atoms with E-state index in [9.17, 15) is 9.59 Å². The van der Waals surface area contributed by atoms with Gasteiger partial charge in [-0.3, -0.25) is 0 Å². The third kappa shape index (κ3) is 6.24. The van der Waals surface area contributed by atoms with Crippen LogP contribution in [-0.4, -0.2) is 52.3 Å². The molecule has 1 aromatic carbocycles. The molecule has 1 atom stereocenters. The number of ether oxygens (including phenoxy) is 2. The van der Waals surface area contributed by atoms with Crippen LogP contribution in [0.15, 0.2) is 47.8 Å². The molecule has 1 amide bonds. The third-order valence-electron chi connectivity index (χ3n) is 6.36. The van der Waals surface area contributed by atoms with Crippen molar-refractivity contribution >= 4 is 23.7 Å². The summed E-state index contributed by atoms with van der Waals surface area (Å²) in [6.45, 7) is 12.7. The van der Waals surface area contributed by atoms with Crippen LogP contribution in [-0.2, 0) is 20.7 Å². The highest BCUT2D eigenvalue weighted by atomic mass is 16.6. The van der Waals surface area contributed by atoms with Gasteiger partial charge in [0.1, 0.15) is 11.3 Å². The van der Waals surface area contributed by atoms with E-state index in [2.05, 4.69) is 34.9 Å². The third-order valence-corrected chi connectivity index (χ3v) is 6.36. The van der Waals surface area contributed by atoms with Crippen LogP contribution in [0.3, 0.4) is 0 Å². The Morgan fingerprint density at radius 2 is 1.95 bits per heavy atom. The van der Waals surface area contributed by atoms with E-state index in [-0.39, 0.29) is 24.0 Å². The Kier molecular flexibility index (Phi) is 7.91. The zero-order chi connectivity index (χ0) is 27.5. The average Bonchev–Trinajstić information content (AvgIpc) is 3.23. The second-order valence-electron chi connectivity index (χ2n) is 11.1. The summed E-state index contributed by atoms with van der Waals surface area (Å²) in [7, 11) is 0. The van der Waals surface area contributed by atoms with Gasteiger partial charge in [-0.2, -0.15) is 0 Å². The van der Waals surface area contributed by atoms with Crippen molar-refractivity contribution in [2.75, 3.05) is 25.0 Å². The van der Waals surface area contributed by atoms with Crippen molar-refractivity contribution in [2.45, 2.75) is 66.0 Å². The maximum absolute atomic E-state index is 13.2. The molecule has 4 rings (SSSR count). The van der Waals surface area contributed by atoms with Gasteiger partial charge in [-0.15, -0.1) is 0 Å². The number of para-hydroxylation sites is 1. The number of anilines is 2. The van der Waals surface area contributed by atoms with E-state index < -0.39 is 11.7 Å². The molecule has 1 aliphatic carbocycles. The molecule has 10 nitrogen and oxygen atoms in total. The lowest BCUT2D eigenvalue weighted by atomic mass is 9.69. The van der Waals surface area contributed by atoms with Crippen molar-refractivity contribution in [3.8, 4) is 0 Å². The summed E-state index contributed by atoms with van der Waals surface area (Å²) < 4.78 is 10.8. The molecule has 0 radical (unpaired) electrons. The number of nitrogens with zero attached hydrogens (tertiary/aromatic N) is 3. The number of aromatic nitrogens is 2. The summed E-state index contributed by atoms with van der Waals surface area (Å²) in [5.41, 5.74) is 6.85. The molecule has 38 heavy (non-hydrogen) atoms. The fourth-order valence-electron chi connectivity index (χ4n) is 4.90. The summed E-state index contributed by atoms with van der Waals surface area (Å²) in [5, 5.41) is 7.89. The first-order valence-electron chi connectivity index (χ1n) is 13.1. The Balaban J connectivity index is 1.58. The van der Waals surface area contributed by atoms with Crippen molar-refractivity contribution in [2.24, 2.45) is 5.41 Å². The van der Waals surface area contributed by atoms with Crippen LogP contribution in [0.25, 0.3) is 0 Å². The van der Waals surface area contributed by atoms with E-state index in [0.29, 0.717) is 37.6 Å².